The van der Waals surface area contributed by atoms with E-state index in [2.05, 4.69) is 13.8 Å². The van der Waals surface area contributed by atoms with Crippen LogP contribution in [0.5, 0.6) is 11.5 Å². The Morgan fingerprint density at radius 1 is 0.500 bits per heavy atom. The van der Waals surface area contributed by atoms with Crippen molar-refractivity contribution >= 4 is 34.3 Å². The van der Waals surface area contributed by atoms with Crippen molar-refractivity contribution in [2.75, 3.05) is 22.9 Å². The van der Waals surface area contributed by atoms with Gasteiger partial charge >= 0.3 is 0 Å². The van der Waals surface area contributed by atoms with Gasteiger partial charge in [-0.15, -0.1) is 0 Å². The molecule has 0 fully saturated rings. The van der Waals surface area contributed by atoms with Crippen molar-refractivity contribution in [1.82, 2.24) is 0 Å². The Bertz CT molecular complexity index is 1530. The highest BCUT2D eigenvalue weighted by atomic mass is 16.3. The van der Waals surface area contributed by atoms with E-state index >= 15 is 0 Å². The third-order valence-electron chi connectivity index (χ3n) is 8.47. The number of phenols is 2. The summed E-state index contributed by atoms with van der Waals surface area (Å²) in [5.41, 5.74) is 5.33. The van der Waals surface area contributed by atoms with E-state index in [1.54, 1.807) is 12.1 Å². The first-order valence-corrected chi connectivity index (χ1v) is 15.8. The maximum Gasteiger partial charge on any atom is 0.200 e. The highest BCUT2D eigenvalue weighted by Gasteiger charge is 2.40. The summed E-state index contributed by atoms with van der Waals surface area (Å²) in [6.45, 7) is 9.59. The van der Waals surface area contributed by atoms with Crippen LogP contribution in [0.3, 0.4) is 0 Å². The van der Waals surface area contributed by atoms with Crippen LogP contribution in [0.1, 0.15) is 95.3 Å². The zero-order valence-electron chi connectivity index (χ0n) is 26.2. The molecule has 0 aliphatic heterocycles. The van der Waals surface area contributed by atoms with Gasteiger partial charge in [0.1, 0.15) is 11.5 Å². The minimum absolute atomic E-state index is 0.0168. The number of carbonyl (C=O) groups is 2. The molecule has 0 amide bonds. The highest BCUT2D eigenvalue weighted by Crippen LogP contribution is 2.46. The maximum absolute atomic E-state index is 14.5. The van der Waals surface area contributed by atoms with Gasteiger partial charge in [0.15, 0.2) is 0 Å². The molecule has 0 unspecified atom stereocenters. The standard InChI is InChI=1S/C38H42N2O4/c1-5-7-9-23-39(27-15-11-25(3)12-16-27)29-19-21-31(41)35-33(29)37(43)36-32(42)22-20-30(34(36)38(35)44)40(24-10-8-6-2)28-17-13-26(4)14-18-28/h11-22,41-42H,5-10,23-24H2,1-4H3. The smallest absolute Gasteiger partial charge is 0.200 e. The van der Waals surface area contributed by atoms with Crippen LogP contribution in [-0.2, 0) is 0 Å². The molecule has 1 aliphatic carbocycles. The van der Waals surface area contributed by atoms with Crippen molar-refractivity contribution in [1.29, 1.82) is 0 Å². The fourth-order valence-electron chi connectivity index (χ4n) is 6.05. The molecule has 6 heteroatoms. The van der Waals surface area contributed by atoms with E-state index in [0.29, 0.717) is 24.5 Å². The van der Waals surface area contributed by atoms with Crippen molar-refractivity contribution in [3.63, 3.8) is 0 Å². The third-order valence-corrected chi connectivity index (χ3v) is 8.47. The SMILES string of the molecule is CCCCCN(c1ccc(C)cc1)c1ccc(O)c2c1C(=O)c1c(O)ccc(N(CCCCC)c3ccc(C)cc3)c1C2=O. The zero-order chi connectivity index (χ0) is 31.4. The van der Waals surface area contributed by atoms with Gasteiger partial charge in [0.05, 0.1) is 33.6 Å². The Balaban J connectivity index is 1.69. The van der Waals surface area contributed by atoms with Crippen molar-refractivity contribution in [2.24, 2.45) is 0 Å². The molecule has 0 bridgehead atoms. The summed E-state index contributed by atoms with van der Waals surface area (Å²) >= 11 is 0. The number of phenolic OH excluding ortho intramolecular Hbond substituents is 2. The lowest BCUT2D eigenvalue weighted by Crippen LogP contribution is -2.29. The van der Waals surface area contributed by atoms with E-state index in [-0.39, 0.29) is 33.8 Å². The van der Waals surface area contributed by atoms with Crippen LogP contribution in [0.15, 0.2) is 72.8 Å². The van der Waals surface area contributed by atoms with Gasteiger partial charge in [-0.3, -0.25) is 9.59 Å². The largest absolute Gasteiger partial charge is 0.507 e. The molecule has 0 spiro atoms. The first kappa shape index (κ1) is 30.9. The second-order valence-corrected chi connectivity index (χ2v) is 11.8. The van der Waals surface area contributed by atoms with Gasteiger partial charge in [0, 0.05) is 24.5 Å². The van der Waals surface area contributed by atoms with Crippen LogP contribution in [0, 0.1) is 13.8 Å². The van der Waals surface area contributed by atoms with E-state index in [0.717, 1.165) is 61.0 Å². The molecule has 44 heavy (non-hydrogen) atoms. The number of fused-ring (bicyclic) bond motifs is 2. The summed E-state index contributed by atoms with van der Waals surface area (Å²) in [5, 5.41) is 22.3. The molecule has 0 saturated heterocycles. The number of carbonyl (C=O) groups excluding carboxylic acids is 2. The van der Waals surface area contributed by atoms with Crippen molar-refractivity contribution in [3.05, 3.63) is 106 Å². The lowest BCUT2D eigenvalue weighted by molar-refractivity contribution is 0.0975. The minimum atomic E-state index is -0.468. The van der Waals surface area contributed by atoms with Gasteiger partial charge in [0.25, 0.3) is 0 Å². The number of aryl methyl sites for hydroxylation is 2. The van der Waals surface area contributed by atoms with E-state index in [9.17, 15) is 19.8 Å². The summed E-state index contributed by atoms with van der Waals surface area (Å²) in [7, 11) is 0. The fourth-order valence-corrected chi connectivity index (χ4v) is 6.05. The van der Waals surface area contributed by atoms with E-state index in [4.69, 9.17) is 0 Å². The second-order valence-electron chi connectivity index (χ2n) is 11.8. The number of nitrogens with zero attached hydrogens (tertiary/aromatic N) is 2. The summed E-state index contributed by atoms with van der Waals surface area (Å²) in [6, 6.07) is 22.6. The van der Waals surface area contributed by atoms with Gasteiger partial charge in [0.2, 0.25) is 11.6 Å². The highest BCUT2D eigenvalue weighted by molar-refractivity contribution is 6.33. The molecular weight excluding hydrogens is 548 g/mol. The van der Waals surface area contributed by atoms with Gasteiger partial charge in [-0.05, 0) is 75.2 Å². The minimum Gasteiger partial charge on any atom is -0.507 e. The Kier molecular flexibility index (Phi) is 9.38. The topological polar surface area (TPSA) is 81.1 Å². The summed E-state index contributed by atoms with van der Waals surface area (Å²) in [4.78, 5) is 33.1. The van der Waals surface area contributed by atoms with E-state index in [1.807, 2.05) is 72.2 Å². The molecule has 0 radical (unpaired) electrons. The first-order valence-electron chi connectivity index (χ1n) is 15.8. The molecule has 0 atom stereocenters. The van der Waals surface area contributed by atoms with Crippen LogP contribution >= 0.6 is 0 Å². The summed E-state index contributed by atoms with van der Waals surface area (Å²) in [5.74, 6) is -1.42. The molecule has 0 aromatic heterocycles. The molecule has 4 aromatic carbocycles. The number of aromatic hydroxyl groups is 2. The van der Waals surface area contributed by atoms with Gasteiger partial charge in [-0.1, -0.05) is 74.9 Å². The Hall–Kier alpha value is -4.58. The molecule has 6 nitrogen and oxygen atoms in total. The number of benzene rings is 4. The molecule has 2 N–H and O–H groups in total. The molecule has 228 valence electrons. The van der Waals surface area contributed by atoms with Crippen LogP contribution in [0.25, 0.3) is 0 Å². The third kappa shape index (κ3) is 5.94. The number of unbranched alkanes of at least 4 members (excludes halogenated alkanes) is 4. The number of hydrogen-bond donors (Lipinski definition) is 2. The summed E-state index contributed by atoms with van der Waals surface area (Å²) in [6.07, 6.45) is 5.86. The average molecular weight is 591 g/mol. The molecule has 4 aromatic rings. The van der Waals surface area contributed by atoms with Crippen molar-refractivity contribution in [3.8, 4) is 11.5 Å². The quantitative estimate of drug-likeness (QED) is 0.141. The lowest BCUT2D eigenvalue weighted by Gasteiger charge is -2.33. The van der Waals surface area contributed by atoms with Crippen LogP contribution in [0.2, 0.25) is 0 Å². The predicted molar refractivity (Wildman–Crippen MR) is 178 cm³/mol. The number of hydrogen-bond acceptors (Lipinski definition) is 6. The number of anilines is 4. The lowest BCUT2D eigenvalue weighted by atomic mass is 9.80. The van der Waals surface area contributed by atoms with Crippen LogP contribution < -0.4 is 9.80 Å². The van der Waals surface area contributed by atoms with E-state index < -0.39 is 11.6 Å². The molecular formula is C38H42N2O4. The van der Waals surface area contributed by atoms with E-state index in [1.165, 1.54) is 12.1 Å². The molecule has 0 heterocycles. The fraction of sp³-hybridized carbons (Fsp3) is 0.316. The summed E-state index contributed by atoms with van der Waals surface area (Å²) < 4.78 is 0. The van der Waals surface area contributed by atoms with Gasteiger partial charge in [-0.2, -0.15) is 0 Å². The number of ketones is 2. The first-order chi connectivity index (χ1) is 21.3. The Morgan fingerprint density at radius 2 is 0.864 bits per heavy atom. The number of rotatable bonds is 12. The zero-order valence-corrected chi connectivity index (χ0v) is 26.2. The Labute approximate surface area is 260 Å². The van der Waals surface area contributed by atoms with Crippen molar-refractivity contribution in [2.45, 2.75) is 66.2 Å². The second kappa shape index (κ2) is 13.4. The monoisotopic (exact) mass is 590 g/mol. The van der Waals surface area contributed by atoms with Crippen molar-refractivity contribution < 1.29 is 19.8 Å². The predicted octanol–water partition coefficient (Wildman–Crippen LogP) is 9.15. The van der Waals surface area contributed by atoms with Gasteiger partial charge < -0.3 is 20.0 Å². The Morgan fingerprint density at radius 3 is 1.20 bits per heavy atom. The maximum atomic E-state index is 14.5. The molecule has 5 rings (SSSR count). The average Bonchev–Trinajstić information content (AvgIpc) is 3.02. The van der Waals surface area contributed by atoms with Gasteiger partial charge in [-0.25, -0.2) is 0 Å². The van der Waals surface area contributed by atoms with Crippen LogP contribution in [-0.4, -0.2) is 34.9 Å². The van der Waals surface area contributed by atoms with Crippen LogP contribution in [0.4, 0.5) is 22.7 Å². The normalized spacial score (nSPS) is 12.2. The molecule has 0 saturated carbocycles. The molecule has 1 aliphatic rings.